The number of carbonyl (C=O) groups is 1. The molecule has 1 N–H and O–H groups in total. The van der Waals surface area contributed by atoms with Gasteiger partial charge in [0, 0.05) is 27.9 Å². The molecule has 102 valence electrons. The van der Waals surface area contributed by atoms with Crippen LogP contribution >= 0.6 is 11.6 Å². The van der Waals surface area contributed by atoms with Crippen LogP contribution in [0, 0.1) is 17.0 Å². The van der Waals surface area contributed by atoms with Gasteiger partial charge in [0.25, 0.3) is 11.6 Å². The number of halogens is 1. The van der Waals surface area contributed by atoms with E-state index in [4.69, 9.17) is 11.6 Å². The molecular weight excluding hydrogens is 280 g/mol. The summed E-state index contributed by atoms with van der Waals surface area (Å²) < 4.78 is 0. The fraction of sp³-hybridized carbons (Fsp3) is 0.0714. The Bertz CT molecular complexity index is 669. The highest BCUT2D eigenvalue weighted by atomic mass is 35.5. The number of hydrogen-bond donors (Lipinski definition) is 1. The Morgan fingerprint density at radius 1 is 1.20 bits per heavy atom. The fourth-order valence-electron chi connectivity index (χ4n) is 1.80. The number of amides is 1. The predicted octanol–water partition coefficient (Wildman–Crippen LogP) is 3.81. The van der Waals surface area contributed by atoms with Crippen LogP contribution in [0.5, 0.6) is 0 Å². The number of nitro benzene ring substituents is 1. The van der Waals surface area contributed by atoms with Gasteiger partial charge in [0.15, 0.2) is 0 Å². The third-order valence-electron chi connectivity index (χ3n) is 2.85. The highest BCUT2D eigenvalue weighted by Crippen LogP contribution is 2.22. The predicted molar refractivity (Wildman–Crippen MR) is 77.2 cm³/mol. The molecule has 1 amide bonds. The first-order valence-corrected chi connectivity index (χ1v) is 6.18. The molecular formula is C14H11ClN2O3. The van der Waals surface area contributed by atoms with Crippen molar-refractivity contribution in [2.45, 2.75) is 6.92 Å². The quantitative estimate of drug-likeness (QED) is 0.690. The zero-order chi connectivity index (χ0) is 14.7. The van der Waals surface area contributed by atoms with Crippen molar-refractivity contribution in [1.82, 2.24) is 0 Å². The molecule has 2 aromatic carbocycles. The van der Waals surface area contributed by atoms with Gasteiger partial charge in [-0.3, -0.25) is 14.9 Å². The van der Waals surface area contributed by atoms with Crippen molar-refractivity contribution in [3.8, 4) is 0 Å². The van der Waals surface area contributed by atoms with Gasteiger partial charge < -0.3 is 5.32 Å². The molecule has 6 heteroatoms. The van der Waals surface area contributed by atoms with E-state index >= 15 is 0 Å². The first-order valence-electron chi connectivity index (χ1n) is 5.80. The number of anilines is 1. The molecule has 0 radical (unpaired) electrons. The zero-order valence-corrected chi connectivity index (χ0v) is 11.3. The van der Waals surface area contributed by atoms with E-state index in [0.29, 0.717) is 16.3 Å². The van der Waals surface area contributed by atoms with E-state index < -0.39 is 10.8 Å². The fourth-order valence-corrected chi connectivity index (χ4v) is 1.92. The van der Waals surface area contributed by atoms with Gasteiger partial charge in [0.1, 0.15) is 0 Å². The van der Waals surface area contributed by atoms with Crippen LogP contribution in [0.15, 0.2) is 42.5 Å². The maximum absolute atomic E-state index is 12.1. The first-order chi connectivity index (χ1) is 9.49. The van der Waals surface area contributed by atoms with Crippen molar-refractivity contribution in [2.24, 2.45) is 0 Å². The summed E-state index contributed by atoms with van der Waals surface area (Å²) in [5, 5.41) is 14.1. The number of nitrogens with zero attached hydrogens (tertiary/aromatic N) is 1. The summed E-state index contributed by atoms with van der Waals surface area (Å²) in [6.45, 7) is 1.55. The van der Waals surface area contributed by atoms with Crippen LogP contribution in [0.3, 0.4) is 0 Å². The Morgan fingerprint density at radius 3 is 2.45 bits per heavy atom. The van der Waals surface area contributed by atoms with E-state index in [2.05, 4.69) is 5.32 Å². The lowest BCUT2D eigenvalue weighted by atomic mass is 10.1. The highest BCUT2D eigenvalue weighted by molar-refractivity contribution is 6.30. The molecule has 0 bridgehead atoms. The Hall–Kier alpha value is -2.40. The van der Waals surface area contributed by atoms with Crippen molar-refractivity contribution >= 4 is 28.9 Å². The number of nitro groups is 1. The molecule has 0 aromatic heterocycles. The Kier molecular flexibility index (Phi) is 4.00. The monoisotopic (exact) mass is 290 g/mol. The van der Waals surface area contributed by atoms with E-state index in [0.717, 1.165) is 0 Å². The lowest BCUT2D eigenvalue weighted by Crippen LogP contribution is -2.14. The lowest BCUT2D eigenvalue weighted by molar-refractivity contribution is -0.385. The van der Waals surface area contributed by atoms with Gasteiger partial charge in [-0.05, 0) is 37.3 Å². The Morgan fingerprint density at radius 2 is 1.85 bits per heavy atom. The molecule has 0 aliphatic heterocycles. The molecule has 0 saturated heterocycles. The van der Waals surface area contributed by atoms with Gasteiger partial charge in [-0.1, -0.05) is 17.7 Å². The van der Waals surface area contributed by atoms with E-state index in [1.54, 1.807) is 37.3 Å². The molecule has 20 heavy (non-hydrogen) atoms. The minimum Gasteiger partial charge on any atom is -0.322 e. The van der Waals surface area contributed by atoms with E-state index in [1.165, 1.54) is 12.1 Å². The molecule has 0 atom stereocenters. The van der Waals surface area contributed by atoms with Gasteiger partial charge in [-0.15, -0.1) is 0 Å². The summed E-state index contributed by atoms with van der Waals surface area (Å²) in [5.74, 6) is -0.395. The van der Waals surface area contributed by atoms with Crippen molar-refractivity contribution in [1.29, 1.82) is 0 Å². The van der Waals surface area contributed by atoms with Crippen LogP contribution in [0.25, 0.3) is 0 Å². The van der Waals surface area contributed by atoms with Gasteiger partial charge in [0.2, 0.25) is 0 Å². The molecule has 0 unspecified atom stereocenters. The first kappa shape index (κ1) is 14.0. The average Bonchev–Trinajstić information content (AvgIpc) is 2.41. The van der Waals surface area contributed by atoms with Crippen molar-refractivity contribution in [3.05, 3.63) is 68.7 Å². The lowest BCUT2D eigenvalue weighted by Gasteiger charge is -2.08. The topological polar surface area (TPSA) is 72.2 Å². The van der Waals surface area contributed by atoms with Crippen LogP contribution < -0.4 is 5.32 Å². The van der Waals surface area contributed by atoms with Crippen molar-refractivity contribution < 1.29 is 9.72 Å². The second-order valence-corrected chi connectivity index (χ2v) is 4.60. The summed E-state index contributed by atoms with van der Waals surface area (Å²) in [7, 11) is 0. The minimum atomic E-state index is -0.506. The third kappa shape index (κ3) is 2.95. The summed E-state index contributed by atoms with van der Waals surface area (Å²) in [6, 6.07) is 11.0. The number of hydrogen-bond acceptors (Lipinski definition) is 3. The second-order valence-electron chi connectivity index (χ2n) is 4.17. The van der Waals surface area contributed by atoms with Crippen molar-refractivity contribution in [2.75, 3.05) is 5.32 Å². The van der Waals surface area contributed by atoms with Crippen LogP contribution in [0.1, 0.15) is 15.9 Å². The Balaban J connectivity index is 2.28. The highest BCUT2D eigenvalue weighted by Gasteiger charge is 2.17. The molecule has 0 spiro atoms. The van der Waals surface area contributed by atoms with E-state index in [9.17, 15) is 14.9 Å². The molecule has 0 aliphatic rings. The molecule has 0 fully saturated rings. The SMILES string of the molecule is Cc1c(C(=O)Nc2ccc(Cl)cc2)cccc1[N+](=O)[O-]. The number of benzene rings is 2. The van der Waals surface area contributed by atoms with E-state index in [1.807, 2.05) is 0 Å². The molecule has 2 aromatic rings. The smallest absolute Gasteiger partial charge is 0.273 e. The average molecular weight is 291 g/mol. The molecule has 5 nitrogen and oxygen atoms in total. The molecule has 0 heterocycles. The largest absolute Gasteiger partial charge is 0.322 e. The van der Waals surface area contributed by atoms with Crippen LogP contribution in [0.2, 0.25) is 5.02 Å². The molecule has 0 saturated carbocycles. The van der Waals surface area contributed by atoms with Crippen LogP contribution in [-0.4, -0.2) is 10.8 Å². The van der Waals surface area contributed by atoms with Gasteiger partial charge in [-0.2, -0.15) is 0 Å². The van der Waals surface area contributed by atoms with Crippen LogP contribution in [-0.2, 0) is 0 Å². The van der Waals surface area contributed by atoms with Gasteiger partial charge in [0.05, 0.1) is 4.92 Å². The summed E-state index contributed by atoms with van der Waals surface area (Å²) in [6.07, 6.45) is 0. The van der Waals surface area contributed by atoms with Crippen molar-refractivity contribution in [3.63, 3.8) is 0 Å². The number of nitrogens with one attached hydrogen (secondary N) is 1. The summed E-state index contributed by atoms with van der Waals surface area (Å²) >= 11 is 5.76. The second kappa shape index (κ2) is 5.71. The summed E-state index contributed by atoms with van der Waals surface area (Å²) in [5.41, 5.74) is 1.11. The maximum Gasteiger partial charge on any atom is 0.273 e. The molecule has 0 aliphatic carbocycles. The zero-order valence-electron chi connectivity index (χ0n) is 10.6. The number of carbonyl (C=O) groups excluding carboxylic acids is 1. The third-order valence-corrected chi connectivity index (χ3v) is 3.10. The molecule has 2 rings (SSSR count). The maximum atomic E-state index is 12.1. The van der Waals surface area contributed by atoms with Crippen LogP contribution in [0.4, 0.5) is 11.4 Å². The summed E-state index contributed by atoms with van der Waals surface area (Å²) in [4.78, 5) is 22.5. The standard InChI is InChI=1S/C14H11ClN2O3/c1-9-12(3-2-4-13(9)17(19)20)14(18)16-11-7-5-10(15)6-8-11/h2-8H,1H3,(H,16,18). The number of rotatable bonds is 3. The van der Waals surface area contributed by atoms with Gasteiger partial charge >= 0.3 is 0 Å². The van der Waals surface area contributed by atoms with E-state index in [-0.39, 0.29) is 11.3 Å². The Labute approximate surface area is 120 Å². The normalized spacial score (nSPS) is 10.1. The van der Waals surface area contributed by atoms with Gasteiger partial charge in [-0.25, -0.2) is 0 Å². The minimum absolute atomic E-state index is 0.0752.